The summed E-state index contributed by atoms with van der Waals surface area (Å²) in [5, 5.41) is 37.1. The highest BCUT2D eigenvalue weighted by atomic mass is 16.7. The molecule has 3 rings (SSSR count). The van der Waals surface area contributed by atoms with E-state index in [9.17, 15) is 24.9 Å². The average molecular weight is 569 g/mol. The zero-order valence-corrected chi connectivity index (χ0v) is 25.2. The summed E-state index contributed by atoms with van der Waals surface area (Å²) < 4.78 is 18.0. The Morgan fingerprint density at radius 3 is 2.42 bits per heavy atom. The van der Waals surface area contributed by atoms with Crippen LogP contribution in [-0.4, -0.2) is 112 Å². The molecule has 40 heavy (non-hydrogen) atoms. The van der Waals surface area contributed by atoms with Gasteiger partial charge in [0.2, 0.25) is 11.8 Å². The number of rotatable bonds is 3. The first-order valence-corrected chi connectivity index (χ1v) is 14.1. The molecule has 1 saturated heterocycles. The monoisotopic (exact) mass is 568 g/mol. The van der Waals surface area contributed by atoms with Crippen molar-refractivity contribution in [2.75, 3.05) is 27.7 Å². The highest BCUT2D eigenvalue weighted by Gasteiger charge is 2.47. The first-order chi connectivity index (χ1) is 18.5. The van der Waals surface area contributed by atoms with Crippen LogP contribution in [0.3, 0.4) is 0 Å². The van der Waals surface area contributed by atoms with E-state index in [1.54, 1.807) is 34.7 Å². The molecule has 1 aromatic heterocycles. The fourth-order valence-electron chi connectivity index (χ4n) is 6.09. The number of ether oxygens (including phenoxy) is 2. The van der Waals surface area contributed by atoms with Gasteiger partial charge in [-0.15, -0.1) is 0 Å². The fraction of sp³-hybridized carbons (Fsp3) is 0.821. The van der Waals surface area contributed by atoms with Crippen LogP contribution in [0.15, 0.2) is 4.42 Å². The summed E-state index contributed by atoms with van der Waals surface area (Å²) in [6.07, 6.45) is -3.68. The van der Waals surface area contributed by atoms with Gasteiger partial charge in [0.1, 0.15) is 11.9 Å². The number of aromatic nitrogens is 1. The molecular weight excluding hydrogens is 520 g/mol. The molecule has 10 atom stereocenters. The Balaban J connectivity index is 1.96. The molecule has 12 nitrogen and oxygen atoms in total. The predicted octanol–water partition coefficient (Wildman–Crippen LogP) is 0.906. The normalized spacial score (nSPS) is 38.9. The van der Waals surface area contributed by atoms with Gasteiger partial charge in [0.25, 0.3) is 5.91 Å². The second-order valence-corrected chi connectivity index (χ2v) is 12.3. The Morgan fingerprint density at radius 2 is 1.80 bits per heavy atom. The number of aliphatic hydroxyl groups is 3. The lowest BCUT2D eigenvalue weighted by Gasteiger charge is -2.46. The van der Waals surface area contributed by atoms with Crippen molar-refractivity contribution in [3.63, 3.8) is 0 Å². The highest BCUT2D eigenvalue weighted by molar-refractivity contribution is 5.93. The lowest BCUT2D eigenvalue weighted by molar-refractivity contribution is -0.299. The van der Waals surface area contributed by atoms with Crippen LogP contribution in [0.25, 0.3) is 0 Å². The van der Waals surface area contributed by atoms with Crippen molar-refractivity contribution in [3.8, 4) is 0 Å². The first kappa shape index (κ1) is 32.4. The molecule has 2 aliphatic heterocycles. The molecule has 1 fully saturated rings. The van der Waals surface area contributed by atoms with Gasteiger partial charge >= 0.3 is 0 Å². The van der Waals surface area contributed by atoms with E-state index in [1.807, 2.05) is 32.8 Å². The fourth-order valence-corrected chi connectivity index (χ4v) is 6.09. The molecule has 0 saturated carbocycles. The smallest absolute Gasteiger partial charge is 0.275 e. The number of hydrogen-bond donors (Lipinski definition) is 4. The van der Waals surface area contributed by atoms with Crippen molar-refractivity contribution in [2.24, 2.45) is 17.8 Å². The molecule has 228 valence electrons. The molecule has 2 aliphatic rings. The van der Waals surface area contributed by atoms with E-state index < -0.39 is 47.9 Å². The molecule has 1 aromatic rings. The first-order valence-electron chi connectivity index (χ1n) is 14.1. The number of hydrogen-bond acceptors (Lipinski definition) is 10. The highest BCUT2D eigenvalue weighted by Crippen LogP contribution is 2.35. The van der Waals surface area contributed by atoms with Crippen molar-refractivity contribution in [3.05, 3.63) is 17.3 Å². The van der Waals surface area contributed by atoms with Gasteiger partial charge in [-0.05, 0) is 53.6 Å². The SMILES string of the molecule is Cc1oc2nc1C(=O)N(C)C[C@H](C)C[C@@](C)(O)[C@H](O[C@@H]1O[C@H](C)C[C@H](N(C)C)[C@H]1O)[C@@H](C)[C@H](O)[C@@H](C)C(=O)NC2. The third-order valence-electron chi connectivity index (χ3n) is 8.26. The van der Waals surface area contributed by atoms with Crippen molar-refractivity contribution >= 4 is 11.8 Å². The van der Waals surface area contributed by atoms with Gasteiger partial charge in [-0.2, -0.15) is 0 Å². The maximum absolute atomic E-state index is 13.1. The number of aliphatic hydroxyl groups excluding tert-OH is 2. The molecule has 2 bridgehead atoms. The van der Waals surface area contributed by atoms with Gasteiger partial charge in [0, 0.05) is 25.6 Å². The van der Waals surface area contributed by atoms with Crippen LogP contribution in [0.1, 0.15) is 69.6 Å². The average Bonchev–Trinajstić information content (AvgIpc) is 3.24. The number of fused-ring (bicyclic) bond motifs is 2. The molecule has 0 unspecified atom stereocenters. The molecule has 0 aliphatic carbocycles. The number of aryl methyl sites for hydroxylation is 1. The summed E-state index contributed by atoms with van der Waals surface area (Å²) in [5.74, 6) is -2.05. The molecule has 3 heterocycles. The van der Waals surface area contributed by atoms with E-state index in [0.29, 0.717) is 18.7 Å². The van der Waals surface area contributed by atoms with E-state index in [4.69, 9.17) is 13.9 Å². The number of oxazole rings is 1. The van der Waals surface area contributed by atoms with Crippen LogP contribution in [0.4, 0.5) is 0 Å². The minimum Gasteiger partial charge on any atom is -0.443 e. The van der Waals surface area contributed by atoms with Crippen LogP contribution in [0.5, 0.6) is 0 Å². The van der Waals surface area contributed by atoms with Crippen molar-refractivity contribution in [2.45, 2.75) is 103 Å². The Labute approximate surface area is 237 Å². The lowest BCUT2D eigenvalue weighted by atomic mass is 9.78. The Morgan fingerprint density at radius 1 is 1.15 bits per heavy atom. The summed E-state index contributed by atoms with van der Waals surface area (Å²) in [5.41, 5.74) is -1.36. The molecule has 4 N–H and O–H groups in total. The molecule has 2 amide bonds. The van der Waals surface area contributed by atoms with E-state index in [1.165, 1.54) is 4.90 Å². The van der Waals surface area contributed by atoms with E-state index in [0.717, 1.165) is 0 Å². The van der Waals surface area contributed by atoms with Gasteiger partial charge in [0.15, 0.2) is 12.0 Å². The molecule has 12 heteroatoms. The quantitative estimate of drug-likeness (QED) is 0.413. The van der Waals surface area contributed by atoms with E-state index in [-0.39, 0.29) is 48.5 Å². The Hall–Kier alpha value is -2.09. The Bertz CT molecular complexity index is 1030. The third-order valence-corrected chi connectivity index (χ3v) is 8.26. The van der Waals surface area contributed by atoms with Crippen molar-refractivity contribution in [1.29, 1.82) is 0 Å². The Kier molecular flexibility index (Phi) is 10.4. The lowest BCUT2D eigenvalue weighted by Crippen LogP contribution is -2.59. The second kappa shape index (κ2) is 12.8. The number of likely N-dealkylation sites (N-methyl/N-ethyl adjacent to an activating group) is 1. The van der Waals surface area contributed by atoms with Gasteiger partial charge in [0.05, 0.1) is 36.4 Å². The number of nitrogens with zero attached hydrogens (tertiary/aromatic N) is 3. The third kappa shape index (κ3) is 7.21. The minimum absolute atomic E-state index is 0.0535. The van der Waals surface area contributed by atoms with Crippen LogP contribution < -0.4 is 5.32 Å². The summed E-state index contributed by atoms with van der Waals surface area (Å²) >= 11 is 0. The number of carbonyl (C=O) groups is 2. The van der Waals surface area contributed by atoms with Gasteiger partial charge in [-0.3, -0.25) is 9.59 Å². The maximum Gasteiger partial charge on any atom is 0.275 e. The second-order valence-electron chi connectivity index (χ2n) is 12.3. The maximum atomic E-state index is 13.1. The summed E-state index contributed by atoms with van der Waals surface area (Å²) in [7, 11) is 5.40. The van der Waals surface area contributed by atoms with Crippen molar-refractivity contribution < 1.29 is 38.8 Å². The van der Waals surface area contributed by atoms with Crippen LogP contribution >= 0.6 is 0 Å². The number of amides is 2. The summed E-state index contributed by atoms with van der Waals surface area (Å²) in [6.45, 7) is 10.6. The standard InChI is InChI=1S/C28H48N4O8/c1-14-11-28(6,37)24(40-27-23(34)19(31(7)8)10-15(2)38-27)16(3)22(33)17(4)25(35)29-12-20-30-21(18(5)39-20)26(36)32(9)13-14/h14-17,19,22-24,27,33-34,37H,10-13H2,1-9H3,(H,29,35)/t14-,15-,16+,17-,19+,22+,23-,24-,27+,28-/m1/s1. The molecular formula is C28H48N4O8. The zero-order chi connectivity index (χ0) is 30.1. The van der Waals surface area contributed by atoms with Crippen molar-refractivity contribution in [1.82, 2.24) is 20.1 Å². The van der Waals surface area contributed by atoms with Crippen LogP contribution in [0, 0.1) is 24.7 Å². The summed E-state index contributed by atoms with van der Waals surface area (Å²) in [4.78, 5) is 33.9. The van der Waals surface area contributed by atoms with Crippen LogP contribution in [0.2, 0.25) is 0 Å². The summed E-state index contributed by atoms with van der Waals surface area (Å²) in [6, 6.07) is -0.230. The number of nitrogens with one attached hydrogen (secondary N) is 1. The zero-order valence-electron chi connectivity index (χ0n) is 25.2. The van der Waals surface area contributed by atoms with Crippen LogP contribution in [-0.2, 0) is 20.8 Å². The van der Waals surface area contributed by atoms with Gasteiger partial charge in [-0.25, -0.2) is 4.98 Å². The minimum atomic E-state index is -1.52. The van der Waals surface area contributed by atoms with E-state index in [2.05, 4.69) is 10.3 Å². The number of carbonyl (C=O) groups excluding carboxylic acids is 2. The predicted molar refractivity (Wildman–Crippen MR) is 146 cm³/mol. The van der Waals surface area contributed by atoms with Gasteiger partial charge in [-0.1, -0.05) is 20.8 Å². The largest absolute Gasteiger partial charge is 0.443 e. The molecule has 0 radical (unpaired) electrons. The van der Waals surface area contributed by atoms with E-state index >= 15 is 0 Å². The van der Waals surface area contributed by atoms with Gasteiger partial charge < -0.3 is 44.3 Å². The molecule has 0 aromatic carbocycles. The topological polar surface area (TPSA) is 158 Å². The molecule has 0 spiro atoms.